The molecule has 4 rings (SSSR count). The van der Waals surface area contributed by atoms with Gasteiger partial charge in [-0.2, -0.15) is 0 Å². The molecule has 0 saturated heterocycles. The summed E-state index contributed by atoms with van der Waals surface area (Å²) >= 11 is 0. The van der Waals surface area contributed by atoms with Crippen molar-refractivity contribution in [3.8, 4) is 11.1 Å². The summed E-state index contributed by atoms with van der Waals surface area (Å²) in [5, 5.41) is 19.1. The Bertz CT molecular complexity index is 1270. The molecule has 174 valence electrons. The molecule has 3 heterocycles. The number of nitrogens with zero attached hydrogens (tertiary/aromatic N) is 5. The second-order valence-corrected chi connectivity index (χ2v) is 8.85. The van der Waals surface area contributed by atoms with Crippen LogP contribution in [0.15, 0.2) is 22.7 Å². The number of nitrogens with one attached hydrogen (secondary N) is 2. The van der Waals surface area contributed by atoms with Gasteiger partial charge in [0.2, 0.25) is 11.6 Å². The molecular weight excluding hydrogens is 418 g/mol. The number of unbranched alkanes of at least 4 members (excludes halogenated alkanes) is 1. The van der Waals surface area contributed by atoms with Crippen LogP contribution in [-0.4, -0.2) is 43.7 Å². The molecule has 4 aromatic rings. The van der Waals surface area contributed by atoms with Crippen LogP contribution in [0, 0.1) is 26.7 Å². The van der Waals surface area contributed by atoms with Gasteiger partial charge in [-0.15, -0.1) is 10.2 Å². The molecule has 0 bridgehead atoms. The van der Waals surface area contributed by atoms with Gasteiger partial charge in [-0.25, -0.2) is 4.98 Å². The van der Waals surface area contributed by atoms with Crippen molar-refractivity contribution in [3.05, 3.63) is 35.5 Å². The van der Waals surface area contributed by atoms with E-state index in [0.717, 1.165) is 58.8 Å². The number of aryl methyl sites for hydroxylation is 3. The maximum atomic E-state index is 11.8. The number of benzene rings is 1. The SMILES string of the molecule is Cc1noc(C)c1-c1ccc2nc(NCCCCNC(=O)CC(C)C)c3nnc(C)n3c2c1. The number of fused-ring (bicyclic) bond motifs is 3. The predicted octanol–water partition coefficient (Wildman–Crippen LogP) is 4.21. The Morgan fingerprint density at radius 2 is 1.91 bits per heavy atom. The zero-order valence-corrected chi connectivity index (χ0v) is 19.9. The van der Waals surface area contributed by atoms with Gasteiger partial charge in [0, 0.05) is 25.1 Å². The third-order valence-electron chi connectivity index (χ3n) is 5.62. The topological polar surface area (TPSA) is 110 Å². The largest absolute Gasteiger partial charge is 0.367 e. The highest BCUT2D eigenvalue weighted by Crippen LogP contribution is 2.30. The number of hydrogen-bond acceptors (Lipinski definition) is 7. The normalized spacial score (nSPS) is 11.6. The minimum atomic E-state index is 0.116. The fraction of sp³-hybridized carbons (Fsp3) is 0.458. The summed E-state index contributed by atoms with van der Waals surface area (Å²) in [7, 11) is 0. The van der Waals surface area contributed by atoms with Crippen LogP contribution >= 0.6 is 0 Å². The lowest BCUT2D eigenvalue weighted by Gasteiger charge is -2.11. The van der Waals surface area contributed by atoms with Crippen LogP contribution < -0.4 is 10.6 Å². The summed E-state index contributed by atoms with van der Waals surface area (Å²) in [6.45, 7) is 11.3. The number of amides is 1. The van der Waals surface area contributed by atoms with E-state index in [1.165, 1.54) is 0 Å². The zero-order valence-electron chi connectivity index (χ0n) is 19.9. The monoisotopic (exact) mass is 449 g/mol. The van der Waals surface area contributed by atoms with Crippen molar-refractivity contribution >= 4 is 28.4 Å². The van der Waals surface area contributed by atoms with Crippen LogP contribution in [0.25, 0.3) is 27.8 Å². The van der Waals surface area contributed by atoms with Crippen molar-refractivity contribution in [1.82, 2.24) is 30.1 Å². The summed E-state index contributed by atoms with van der Waals surface area (Å²) in [6, 6.07) is 6.13. The number of aromatic nitrogens is 5. The molecule has 0 unspecified atom stereocenters. The number of carbonyl (C=O) groups is 1. The number of anilines is 1. The van der Waals surface area contributed by atoms with E-state index >= 15 is 0 Å². The Morgan fingerprint density at radius 1 is 1.12 bits per heavy atom. The lowest BCUT2D eigenvalue weighted by atomic mass is 10.0. The molecule has 0 aliphatic rings. The Labute approximate surface area is 193 Å². The molecule has 0 aliphatic heterocycles. The second kappa shape index (κ2) is 9.56. The number of rotatable bonds is 9. The smallest absolute Gasteiger partial charge is 0.220 e. The van der Waals surface area contributed by atoms with Gasteiger partial charge in [-0.1, -0.05) is 25.1 Å². The van der Waals surface area contributed by atoms with Gasteiger partial charge >= 0.3 is 0 Å². The quantitative estimate of drug-likeness (QED) is 0.368. The lowest BCUT2D eigenvalue weighted by molar-refractivity contribution is -0.121. The van der Waals surface area contributed by atoms with Gasteiger partial charge in [0.15, 0.2) is 5.82 Å². The van der Waals surface area contributed by atoms with Crippen molar-refractivity contribution < 1.29 is 9.32 Å². The van der Waals surface area contributed by atoms with E-state index in [1.807, 2.05) is 51.2 Å². The Hall–Kier alpha value is -3.49. The molecule has 1 amide bonds. The van der Waals surface area contributed by atoms with E-state index in [1.54, 1.807) is 0 Å². The molecule has 0 spiro atoms. The molecular formula is C24H31N7O2. The van der Waals surface area contributed by atoms with Crippen molar-refractivity contribution in [1.29, 1.82) is 0 Å². The van der Waals surface area contributed by atoms with Crippen molar-refractivity contribution in [2.24, 2.45) is 5.92 Å². The van der Waals surface area contributed by atoms with Gasteiger partial charge in [0.25, 0.3) is 0 Å². The van der Waals surface area contributed by atoms with Crippen molar-refractivity contribution in [2.45, 2.75) is 53.9 Å². The predicted molar refractivity (Wildman–Crippen MR) is 128 cm³/mol. The minimum Gasteiger partial charge on any atom is -0.367 e. The van der Waals surface area contributed by atoms with E-state index in [-0.39, 0.29) is 5.91 Å². The fourth-order valence-corrected chi connectivity index (χ4v) is 4.07. The molecule has 0 fully saturated rings. The summed E-state index contributed by atoms with van der Waals surface area (Å²) in [5.74, 6) is 2.78. The van der Waals surface area contributed by atoms with Gasteiger partial charge in [0.05, 0.1) is 16.7 Å². The van der Waals surface area contributed by atoms with Crippen LogP contribution in [-0.2, 0) is 4.79 Å². The molecule has 9 heteroatoms. The van der Waals surface area contributed by atoms with Crippen molar-refractivity contribution in [2.75, 3.05) is 18.4 Å². The number of carbonyl (C=O) groups excluding carboxylic acids is 1. The van der Waals surface area contributed by atoms with E-state index in [9.17, 15) is 4.79 Å². The third-order valence-corrected chi connectivity index (χ3v) is 5.62. The Balaban J connectivity index is 1.51. The maximum absolute atomic E-state index is 11.8. The molecule has 0 radical (unpaired) electrons. The van der Waals surface area contributed by atoms with E-state index < -0.39 is 0 Å². The molecule has 33 heavy (non-hydrogen) atoms. The Morgan fingerprint density at radius 3 is 2.64 bits per heavy atom. The average Bonchev–Trinajstić information content (AvgIpc) is 3.32. The van der Waals surface area contributed by atoms with Gasteiger partial charge in [-0.05, 0) is 57.2 Å². The van der Waals surface area contributed by atoms with E-state index in [2.05, 4.69) is 32.1 Å². The van der Waals surface area contributed by atoms with Gasteiger partial charge < -0.3 is 15.2 Å². The maximum Gasteiger partial charge on any atom is 0.220 e. The van der Waals surface area contributed by atoms with Crippen LogP contribution in [0.1, 0.15) is 50.4 Å². The molecule has 0 saturated carbocycles. The average molecular weight is 450 g/mol. The molecule has 2 N–H and O–H groups in total. The van der Waals surface area contributed by atoms with Crippen LogP contribution in [0.4, 0.5) is 5.82 Å². The first kappa shape index (κ1) is 22.7. The summed E-state index contributed by atoms with van der Waals surface area (Å²) in [6.07, 6.45) is 2.38. The summed E-state index contributed by atoms with van der Waals surface area (Å²) in [4.78, 5) is 16.6. The van der Waals surface area contributed by atoms with Crippen LogP contribution in [0.2, 0.25) is 0 Å². The molecule has 3 aromatic heterocycles. The first-order valence-corrected chi connectivity index (χ1v) is 11.4. The fourth-order valence-electron chi connectivity index (χ4n) is 4.07. The zero-order chi connectivity index (χ0) is 23.5. The highest BCUT2D eigenvalue weighted by Gasteiger charge is 2.16. The van der Waals surface area contributed by atoms with E-state index in [4.69, 9.17) is 9.51 Å². The summed E-state index contributed by atoms with van der Waals surface area (Å²) in [5.41, 5.74) is 5.36. The third kappa shape index (κ3) is 4.81. The Kier molecular flexibility index (Phi) is 6.57. The number of hydrogen-bond donors (Lipinski definition) is 2. The van der Waals surface area contributed by atoms with Gasteiger partial charge in [-0.3, -0.25) is 9.20 Å². The van der Waals surface area contributed by atoms with Crippen LogP contribution in [0.5, 0.6) is 0 Å². The molecule has 0 atom stereocenters. The standard InChI is InChI=1S/C24H31N7O2/c1-14(2)12-21(32)25-10-6-7-11-26-23-24-29-28-17(5)31(24)20-13-18(8-9-19(20)27-23)22-15(3)30-33-16(22)4/h8-9,13-14H,6-7,10-12H2,1-5H3,(H,25,32)(H,26,27). The second-order valence-electron chi connectivity index (χ2n) is 8.85. The van der Waals surface area contributed by atoms with Crippen molar-refractivity contribution in [3.63, 3.8) is 0 Å². The summed E-state index contributed by atoms with van der Waals surface area (Å²) < 4.78 is 7.38. The van der Waals surface area contributed by atoms with Gasteiger partial charge in [0.1, 0.15) is 11.6 Å². The highest BCUT2D eigenvalue weighted by molar-refractivity contribution is 5.87. The molecule has 1 aromatic carbocycles. The first-order valence-electron chi connectivity index (χ1n) is 11.4. The first-order chi connectivity index (χ1) is 15.8. The highest BCUT2D eigenvalue weighted by atomic mass is 16.5. The molecule has 0 aliphatic carbocycles. The molecule has 9 nitrogen and oxygen atoms in total. The van der Waals surface area contributed by atoms with E-state index in [0.29, 0.717) is 30.3 Å². The van der Waals surface area contributed by atoms with Crippen LogP contribution in [0.3, 0.4) is 0 Å². The minimum absolute atomic E-state index is 0.116. The lowest BCUT2D eigenvalue weighted by Crippen LogP contribution is -2.25.